The molecule has 0 aromatic heterocycles. The predicted molar refractivity (Wildman–Crippen MR) is 138 cm³/mol. The molecule has 0 saturated heterocycles. The van der Waals surface area contributed by atoms with Gasteiger partial charge < -0.3 is 16.2 Å². The van der Waals surface area contributed by atoms with Crippen molar-refractivity contribution in [3.8, 4) is 0 Å². The summed E-state index contributed by atoms with van der Waals surface area (Å²) in [5.41, 5.74) is 5.83. The average Bonchev–Trinajstić information content (AvgIpc) is 2.74. The van der Waals surface area contributed by atoms with Gasteiger partial charge in [0.05, 0.1) is 0 Å². The first-order valence-corrected chi connectivity index (χ1v) is 13.8. The van der Waals surface area contributed by atoms with E-state index in [0.717, 1.165) is 38.8 Å². The molecule has 31 heavy (non-hydrogen) atoms. The van der Waals surface area contributed by atoms with Crippen LogP contribution in [0.3, 0.4) is 0 Å². The van der Waals surface area contributed by atoms with E-state index in [1.165, 1.54) is 96.3 Å². The lowest BCUT2D eigenvalue weighted by molar-refractivity contribution is -0.137. The zero-order valence-electron chi connectivity index (χ0n) is 21.6. The average molecular weight is 443 g/mol. The number of carboxylic acids is 1. The van der Waals surface area contributed by atoms with Gasteiger partial charge in [0, 0.05) is 12.5 Å². The number of rotatable bonds is 23. The highest BCUT2D eigenvalue weighted by Crippen LogP contribution is 2.13. The van der Waals surface area contributed by atoms with Crippen molar-refractivity contribution >= 4 is 5.97 Å². The molecule has 0 aliphatic heterocycles. The van der Waals surface area contributed by atoms with Gasteiger partial charge in [-0.2, -0.15) is 0 Å². The van der Waals surface area contributed by atoms with E-state index >= 15 is 0 Å². The van der Waals surface area contributed by atoms with Gasteiger partial charge in [-0.25, -0.2) is 0 Å². The number of nitrogens with one attached hydrogen (secondary N) is 1. The fourth-order valence-corrected chi connectivity index (χ4v) is 3.75. The largest absolute Gasteiger partial charge is 0.481 e. The summed E-state index contributed by atoms with van der Waals surface area (Å²) in [5.74, 6) is -0.653. The molecular weight excluding hydrogens is 384 g/mol. The Labute approximate surface area is 195 Å². The molecule has 0 aromatic rings. The molecule has 4 heteroatoms. The first-order chi connectivity index (χ1) is 15.1. The highest BCUT2D eigenvalue weighted by atomic mass is 16.4. The van der Waals surface area contributed by atoms with Crippen LogP contribution in [0.2, 0.25) is 0 Å². The molecule has 0 bridgehead atoms. The molecule has 0 radical (unpaired) electrons. The molecule has 4 nitrogen and oxygen atoms in total. The second kappa shape index (κ2) is 29.4. The minimum atomic E-state index is -0.653. The molecule has 0 fully saturated rings. The van der Waals surface area contributed by atoms with Gasteiger partial charge in [-0.1, -0.05) is 117 Å². The molecule has 0 rings (SSSR count). The van der Waals surface area contributed by atoms with Crippen molar-refractivity contribution in [1.82, 2.24) is 5.32 Å². The molecule has 0 amide bonds. The second-order valence-corrected chi connectivity index (χ2v) is 9.18. The molecule has 0 spiro atoms. The van der Waals surface area contributed by atoms with Crippen LogP contribution in [-0.2, 0) is 4.79 Å². The Morgan fingerprint density at radius 3 is 1.48 bits per heavy atom. The van der Waals surface area contributed by atoms with Crippen molar-refractivity contribution in [2.24, 2.45) is 5.73 Å². The summed E-state index contributed by atoms with van der Waals surface area (Å²) in [7, 11) is 0. The van der Waals surface area contributed by atoms with Crippen molar-refractivity contribution < 1.29 is 9.90 Å². The fraction of sp³-hybridized carbons (Fsp3) is 0.963. The molecule has 0 heterocycles. The van der Waals surface area contributed by atoms with Crippen molar-refractivity contribution in [2.75, 3.05) is 13.1 Å². The van der Waals surface area contributed by atoms with E-state index < -0.39 is 5.97 Å². The summed E-state index contributed by atoms with van der Waals surface area (Å²) in [4.78, 5) is 10.3. The van der Waals surface area contributed by atoms with Gasteiger partial charge in [0.25, 0.3) is 0 Å². The van der Waals surface area contributed by atoms with E-state index in [1.807, 2.05) is 0 Å². The van der Waals surface area contributed by atoms with E-state index in [9.17, 15) is 4.79 Å². The first kappa shape index (κ1) is 32.6. The van der Waals surface area contributed by atoms with Gasteiger partial charge in [-0.15, -0.1) is 0 Å². The van der Waals surface area contributed by atoms with Crippen molar-refractivity contribution in [3.05, 3.63) is 0 Å². The van der Waals surface area contributed by atoms with Crippen LogP contribution in [0.15, 0.2) is 0 Å². The molecule has 1 unspecified atom stereocenters. The van der Waals surface area contributed by atoms with Crippen LogP contribution in [-0.4, -0.2) is 30.2 Å². The molecular formula is C27H58N2O2. The Morgan fingerprint density at radius 1 is 0.645 bits per heavy atom. The van der Waals surface area contributed by atoms with Crippen LogP contribution in [0.1, 0.15) is 149 Å². The Kier molecular flexibility index (Phi) is 30.9. The van der Waals surface area contributed by atoms with Crippen molar-refractivity contribution in [2.45, 2.75) is 155 Å². The Bertz CT molecular complexity index is 337. The van der Waals surface area contributed by atoms with Gasteiger partial charge in [0.1, 0.15) is 0 Å². The maximum Gasteiger partial charge on any atom is 0.303 e. The number of unbranched alkanes of at least 4 members (excludes halogenated alkanes) is 14. The SMILES string of the molecule is CCCCCCCCCCCCCCCCCC(=O)O.CCCNCCC(N)CCC. The van der Waals surface area contributed by atoms with Crippen LogP contribution in [0.4, 0.5) is 0 Å². The highest BCUT2D eigenvalue weighted by Gasteiger charge is 1.99. The zero-order valence-corrected chi connectivity index (χ0v) is 21.6. The number of carbonyl (C=O) groups is 1. The fourth-order valence-electron chi connectivity index (χ4n) is 3.75. The molecule has 4 N–H and O–H groups in total. The lowest BCUT2D eigenvalue weighted by Gasteiger charge is -2.09. The topological polar surface area (TPSA) is 75.3 Å². The summed E-state index contributed by atoms with van der Waals surface area (Å²) in [5, 5.41) is 11.9. The second-order valence-electron chi connectivity index (χ2n) is 9.18. The lowest BCUT2D eigenvalue weighted by atomic mass is 10.0. The van der Waals surface area contributed by atoms with Gasteiger partial charge in [0.2, 0.25) is 0 Å². The summed E-state index contributed by atoms with van der Waals surface area (Å²) in [6, 6.07) is 0.407. The number of nitrogens with two attached hydrogens (primary N) is 1. The van der Waals surface area contributed by atoms with Crippen LogP contribution < -0.4 is 11.1 Å². The number of carboxylic acid groups (broad SMARTS) is 1. The number of hydrogen-bond donors (Lipinski definition) is 3. The zero-order chi connectivity index (χ0) is 23.4. The van der Waals surface area contributed by atoms with Crippen molar-refractivity contribution in [3.63, 3.8) is 0 Å². The Morgan fingerprint density at radius 2 is 1.10 bits per heavy atom. The minimum Gasteiger partial charge on any atom is -0.481 e. The van der Waals surface area contributed by atoms with Gasteiger partial charge >= 0.3 is 5.97 Å². The van der Waals surface area contributed by atoms with Crippen LogP contribution >= 0.6 is 0 Å². The lowest BCUT2D eigenvalue weighted by Crippen LogP contribution is -2.26. The predicted octanol–water partition coefficient (Wildman–Crippen LogP) is 7.84. The molecule has 0 aliphatic rings. The highest BCUT2D eigenvalue weighted by molar-refractivity contribution is 5.66. The van der Waals surface area contributed by atoms with E-state index in [-0.39, 0.29) is 0 Å². The summed E-state index contributed by atoms with van der Waals surface area (Å²) in [6.45, 7) is 8.83. The molecule has 0 aliphatic carbocycles. The van der Waals surface area contributed by atoms with Gasteiger partial charge in [0.15, 0.2) is 0 Å². The smallest absolute Gasteiger partial charge is 0.303 e. The van der Waals surface area contributed by atoms with Gasteiger partial charge in [-0.3, -0.25) is 4.79 Å². The molecule has 0 aromatic carbocycles. The van der Waals surface area contributed by atoms with E-state index in [4.69, 9.17) is 10.8 Å². The van der Waals surface area contributed by atoms with E-state index in [2.05, 4.69) is 26.1 Å². The third kappa shape index (κ3) is 34.2. The third-order valence-corrected chi connectivity index (χ3v) is 5.77. The maximum atomic E-state index is 10.3. The molecule has 188 valence electrons. The third-order valence-electron chi connectivity index (χ3n) is 5.77. The van der Waals surface area contributed by atoms with Crippen LogP contribution in [0.5, 0.6) is 0 Å². The normalized spacial score (nSPS) is 11.7. The minimum absolute atomic E-state index is 0.345. The molecule has 0 saturated carbocycles. The Hall–Kier alpha value is -0.610. The van der Waals surface area contributed by atoms with E-state index in [1.54, 1.807) is 0 Å². The van der Waals surface area contributed by atoms with Crippen LogP contribution in [0, 0.1) is 0 Å². The number of aliphatic carboxylic acids is 1. The summed E-state index contributed by atoms with van der Waals surface area (Å²) in [6.07, 6.45) is 24.9. The van der Waals surface area contributed by atoms with Crippen molar-refractivity contribution in [1.29, 1.82) is 0 Å². The monoisotopic (exact) mass is 442 g/mol. The quantitative estimate of drug-likeness (QED) is 0.141. The summed E-state index contributed by atoms with van der Waals surface area (Å²) >= 11 is 0. The van der Waals surface area contributed by atoms with Crippen LogP contribution in [0.25, 0.3) is 0 Å². The summed E-state index contributed by atoms with van der Waals surface area (Å²) < 4.78 is 0. The maximum absolute atomic E-state index is 10.3. The molecule has 1 atom stereocenters. The van der Waals surface area contributed by atoms with Gasteiger partial charge in [-0.05, 0) is 38.8 Å². The first-order valence-electron chi connectivity index (χ1n) is 13.8. The van der Waals surface area contributed by atoms with E-state index in [0.29, 0.717) is 12.5 Å². The Balaban J connectivity index is 0. The number of hydrogen-bond acceptors (Lipinski definition) is 3. The standard InChI is InChI=1S/C18H36O2.C9H22N2/c1-2-3-4-5-6-7-8-9-10-11-12-13-14-15-16-17-18(19)20;1-3-5-9(10)6-8-11-7-4-2/h2-17H2,1H3,(H,19,20);9,11H,3-8,10H2,1-2H3.